The zero-order chi connectivity index (χ0) is 23.5. The fourth-order valence-electron chi connectivity index (χ4n) is 5.15. The molecule has 2 aliphatic rings. The van der Waals surface area contributed by atoms with Gasteiger partial charge in [-0.2, -0.15) is 0 Å². The summed E-state index contributed by atoms with van der Waals surface area (Å²) in [6.07, 6.45) is 0.401. The predicted octanol–water partition coefficient (Wildman–Crippen LogP) is 2.07. The minimum atomic E-state index is -1.02. The van der Waals surface area contributed by atoms with Crippen molar-refractivity contribution in [1.82, 2.24) is 14.5 Å². The van der Waals surface area contributed by atoms with Crippen LogP contribution < -0.4 is 16.0 Å². The van der Waals surface area contributed by atoms with E-state index in [0.29, 0.717) is 23.5 Å². The van der Waals surface area contributed by atoms with Gasteiger partial charge in [0.1, 0.15) is 23.3 Å². The first kappa shape index (κ1) is 21.1. The highest BCUT2D eigenvalue weighted by Crippen LogP contribution is 2.49. The average Bonchev–Trinajstić information content (AvgIpc) is 2.75. The van der Waals surface area contributed by atoms with Crippen LogP contribution in [0.15, 0.2) is 47.3 Å². The van der Waals surface area contributed by atoms with E-state index in [4.69, 9.17) is 10.5 Å². The molecule has 0 unspecified atom stereocenters. The molecule has 2 amide bonds. The minimum Gasteiger partial charge on any atom is -0.468 e. The van der Waals surface area contributed by atoms with Crippen molar-refractivity contribution in [3.05, 3.63) is 70.0 Å². The predicted molar refractivity (Wildman–Crippen MR) is 118 cm³/mol. The first-order chi connectivity index (χ1) is 15.7. The van der Waals surface area contributed by atoms with Crippen LogP contribution in [-0.4, -0.2) is 38.5 Å². The molecule has 5 rings (SSSR count). The van der Waals surface area contributed by atoms with E-state index in [1.165, 1.54) is 21.6 Å². The van der Waals surface area contributed by atoms with Crippen LogP contribution >= 0.6 is 0 Å². The maximum atomic E-state index is 13.7. The summed E-state index contributed by atoms with van der Waals surface area (Å²) >= 11 is 0. The Morgan fingerprint density at radius 3 is 2.76 bits per heavy atom. The van der Waals surface area contributed by atoms with Gasteiger partial charge in [-0.3, -0.25) is 19.0 Å². The summed E-state index contributed by atoms with van der Waals surface area (Å²) in [5.41, 5.74) is 5.45. The van der Waals surface area contributed by atoms with Gasteiger partial charge in [-0.1, -0.05) is 18.2 Å². The number of hydrogen-bond donors (Lipinski definition) is 1. The van der Waals surface area contributed by atoms with Crippen molar-refractivity contribution in [1.29, 1.82) is 0 Å². The van der Waals surface area contributed by atoms with Crippen molar-refractivity contribution in [2.45, 2.75) is 38.5 Å². The number of para-hydroxylation sites is 1. The highest BCUT2D eigenvalue weighted by Gasteiger charge is 2.55. The highest BCUT2D eigenvalue weighted by atomic mass is 19.1. The fraction of sp³-hybridized carbons (Fsp3) is 0.333. The number of nitrogens with zero attached hydrogens (tertiary/aromatic N) is 3. The molecule has 1 fully saturated rings. The molecule has 3 atom stereocenters. The molecule has 2 aliphatic heterocycles. The number of benzene rings is 2. The van der Waals surface area contributed by atoms with Gasteiger partial charge >= 0.3 is 0 Å². The third-order valence-corrected chi connectivity index (χ3v) is 6.71. The molecule has 0 saturated carbocycles. The Hall–Kier alpha value is -3.75. The molecule has 8 nitrogen and oxygen atoms in total. The van der Waals surface area contributed by atoms with Crippen LogP contribution in [0.2, 0.25) is 0 Å². The van der Waals surface area contributed by atoms with E-state index in [9.17, 15) is 18.8 Å². The fourth-order valence-corrected chi connectivity index (χ4v) is 5.15. The van der Waals surface area contributed by atoms with Crippen LogP contribution in [0.1, 0.15) is 30.7 Å². The first-order valence-electron chi connectivity index (χ1n) is 10.7. The van der Waals surface area contributed by atoms with E-state index in [1.807, 2.05) is 24.3 Å². The lowest BCUT2D eigenvalue weighted by Crippen LogP contribution is -2.65. The molecule has 2 N–H and O–H groups in total. The number of piperidine rings is 1. The molecule has 1 saturated heterocycles. The maximum absolute atomic E-state index is 13.7. The number of nitrogens with two attached hydrogens (primary N) is 1. The third-order valence-electron chi connectivity index (χ3n) is 6.71. The smallest absolute Gasteiger partial charge is 0.261 e. The molecule has 0 spiro atoms. The zero-order valence-electron chi connectivity index (χ0n) is 18.2. The molecule has 33 heavy (non-hydrogen) atoms. The maximum Gasteiger partial charge on any atom is 0.261 e. The Morgan fingerprint density at radius 1 is 1.24 bits per heavy atom. The van der Waals surface area contributed by atoms with Crippen LogP contribution in [0.4, 0.5) is 4.39 Å². The van der Waals surface area contributed by atoms with Gasteiger partial charge in [-0.15, -0.1) is 0 Å². The Balaban J connectivity index is 1.52. The number of aryl methyl sites for hydroxylation is 1. The zero-order valence-corrected chi connectivity index (χ0v) is 18.2. The van der Waals surface area contributed by atoms with Crippen molar-refractivity contribution < 1.29 is 18.7 Å². The van der Waals surface area contributed by atoms with Gasteiger partial charge in [0.2, 0.25) is 11.8 Å². The summed E-state index contributed by atoms with van der Waals surface area (Å²) in [6.45, 7) is 3.68. The number of rotatable bonds is 4. The van der Waals surface area contributed by atoms with E-state index in [-0.39, 0.29) is 24.4 Å². The number of fused-ring (bicyclic) bond motifs is 5. The molecule has 9 heteroatoms. The quantitative estimate of drug-likeness (QED) is 0.613. The number of aromatic nitrogens is 2. The lowest BCUT2D eigenvalue weighted by atomic mass is 9.73. The van der Waals surface area contributed by atoms with Crippen LogP contribution in [0.25, 0.3) is 10.9 Å². The number of amides is 2. The van der Waals surface area contributed by atoms with Gasteiger partial charge in [0.25, 0.3) is 5.56 Å². The van der Waals surface area contributed by atoms with Gasteiger partial charge in [-0.25, -0.2) is 9.37 Å². The number of primary amides is 1. The lowest BCUT2D eigenvalue weighted by molar-refractivity contribution is -0.175. The number of likely N-dealkylation sites (tertiary alicyclic amines) is 1. The van der Waals surface area contributed by atoms with Crippen LogP contribution in [0, 0.1) is 18.7 Å². The lowest BCUT2D eigenvalue weighted by Gasteiger charge is -2.52. The molecular formula is C24H23FN4O4. The van der Waals surface area contributed by atoms with Crippen molar-refractivity contribution in [3.8, 4) is 5.75 Å². The molecule has 1 aromatic heterocycles. The molecule has 0 aliphatic carbocycles. The van der Waals surface area contributed by atoms with E-state index in [0.717, 1.165) is 11.6 Å². The van der Waals surface area contributed by atoms with Gasteiger partial charge in [-0.05, 0) is 43.7 Å². The van der Waals surface area contributed by atoms with Crippen LogP contribution in [0.3, 0.4) is 0 Å². The molecule has 2 bridgehead atoms. The van der Waals surface area contributed by atoms with Crippen LogP contribution in [-0.2, 0) is 16.1 Å². The highest BCUT2D eigenvalue weighted by molar-refractivity contribution is 6.01. The number of halogens is 1. The van der Waals surface area contributed by atoms with E-state index in [1.54, 1.807) is 13.8 Å². The normalized spacial score (nSPS) is 23.8. The summed E-state index contributed by atoms with van der Waals surface area (Å²) in [5.74, 6) is -2.00. The number of ether oxygens (including phenoxy) is 1. The molecular weight excluding hydrogens is 427 g/mol. The first-order valence-corrected chi connectivity index (χ1v) is 10.7. The second-order valence-corrected chi connectivity index (χ2v) is 8.77. The number of carbonyl (C=O) groups is 2. The Kier molecular flexibility index (Phi) is 4.73. The minimum absolute atomic E-state index is 0.0945. The van der Waals surface area contributed by atoms with Gasteiger partial charge in [0.05, 0.1) is 10.9 Å². The summed E-state index contributed by atoms with van der Waals surface area (Å²) in [6, 6.07) is 11.2. The van der Waals surface area contributed by atoms with Gasteiger partial charge in [0.15, 0.2) is 5.72 Å². The summed E-state index contributed by atoms with van der Waals surface area (Å²) in [7, 11) is 0. The standard InChI is InChI=1S/C24H23FN4O4/c1-13-27-18-8-7-14(25)11-16(18)22(31)28(13)9-10-29-23(32)20(21(26)30)17-12-24(29,2)33-19-6-4-3-5-15(17)19/h3-8,11,17,20H,9-10,12H2,1-2H3,(H2,26,30)/t17-,20+,24+/m0/s1. The van der Waals surface area contributed by atoms with E-state index < -0.39 is 34.8 Å². The SMILES string of the molecule is Cc1nc2ccc(F)cc2c(=O)n1CCN1C(=O)[C@@H](C(N)=O)[C@H]2C[C@@]1(C)Oc1ccccc12. The van der Waals surface area contributed by atoms with Crippen molar-refractivity contribution >= 4 is 22.7 Å². The summed E-state index contributed by atoms with van der Waals surface area (Å²) < 4.78 is 21.4. The Labute approximate surface area is 188 Å². The average molecular weight is 450 g/mol. The molecule has 0 radical (unpaired) electrons. The molecule has 3 heterocycles. The van der Waals surface area contributed by atoms with Gasteiger partial charge < -0.3 is 15.4 Å². The molecule has 3 aromatic rings. The topological polar surface area (TPSA) is 108 Å². The Morgan fingerprint density at radius 2 is 2.00 bits per heavy atom. The van der Waals surface area contributed by atoms with Crippen LogP contribution in [0.5, 0.6) is 5.75 Å². The third kappa shape index (κ3) is 3.26. The van der Waals surface area contributed by atoms with E-state index >= 15 is 0 Å². The number of carbonyl (C=O) groups excluding carboxylic acids is 2. The second-order valence-electron chi connectivity index (χ2n) is 8.77. The Bertz CT molecular complexity index is 1370. The second kappa shape index (κ2) is 7.40. The molecule has 170 valence electrons. The monoisotopic (exact) mass is 450 g/mol. The van der Waals surface area contributed by atoms with Crippen molar-refractivity contribution in [2.75, 3.05) is 6.54 Å². The molecule has 2 aromatic carbocycles. The summed E-state index contributed by atoms with van der Waals surface area (Å²) in [5, 5.41) is 0.162. The number of hydrogen-bond acceptors (Lipinski definition) is 5. The largest absolute Gasteiger partial charge is 0.468 e. The van der Waals surface area contributed by atoms with Crippen molar-refractivity contribution in [3.63, 3.8) is 0 Å². The van der Waals surface area contributed by atoms with E-state index in [2.05, 4.69) is 4.98 Å². The van der Waals surface area contributed by atoms with Gasteiger partial charge in [0, 0.05) is 25.4 Å². The van der Waals surface area contributed by atoms with Crippen molar-refractivity contribution in [2.24, 2.45) is 11.7 Å². The summed E-state index contributed by atoms with van der Waals surface area (Å²) in [4.78, 5) is 44.7.